The van der Waals surface area contributed by atoms with Gasteiger partial charge >= 0.3 is 12.1 Å². The molecule has 2 aliphatic heterocycles. The second-order valence-corrected chi connectivity index (χ2v) is 6.69. The number of hydrazone groups is 1. The van der Waals surface area contributed by atoms with Gasteiger partial charge in [-0.1, -0.05) is 0 Å². The summed E-state index contributed by atoms with van der Waals surface area (Å²) in [4.78, 5) is 37.8. The number of carbonyl (C=O) groups is 3. The van der Waals surface area contributed by atoms with Crippen LogP contribution in [-0.4, -0.2) is 79.9 Å². The molecule has 0 radical (unpaired) electrons. The van der Waals surface area contributed by atoms with Crippen LogP contribution in [0.5, 0.6) is 0 Å². The third-order valence-electron chi connectivity index (χ3n) is 4.51. The summed E-state index contributed by atoms with van der Waals surface area (Å²) in [6.45, 7) is 2.24. The summed E-state index contributed by atoms with van der Waals surface area (Å²) in [5.41, 5.74) is 0.589. The predicted octanol–water partition coefficient (Wildman–Crippen LogP) is 0.0542. The second-order valence-electron chi connectivity index (χ2n) is 6.69. The fourth-order valence-corrected chi connectivity index (χ4v) is 3.03. The number of carbonyl (C=O) groups excluding carboxylic acids is 3. The van der Waals surface area contributed by atoms with E-state index in [0.29, 0.717) is 12.2 Å². The Kier molecular flexibility index (Phi) is 6.67. The van der Waals surface area contributed by atoms with E-state index in [4.69, 9.17) is 9.84 Å². The maximum absolute atomic E-state index is 14.7. The summed E-state index contributed by atoms with van der Waals surface area (Å²) in [6, 6.07) is 3.89. The number of hydrogen-bond donors (Lipinski definition) is 3. The zero-order valence-electron chi connectivity index (χ0n) is 16.4. The molecule has 1 aromatic rings. The third kappa shape index (κ3) is 4.95. The number of benzene rings is 1. The lowest BCUT2D eigenvalue weighted by molar-refractivity contribution is -0.119. The molecule has 0 spiro atoms. The molecule has 1 fully saturated rings. The van der Waals surface area contributed by atoms with Crippen molar-refractivity contribution in [3.05, 3.63) is 24.0 Å². The van der Waals surface area contributed by atoms with Crippen LogP contribution in [0.15, 0.2) is 23.3 Å². The second kappa shape index (κ2) is 9.39. The molecular weight excluding hydrogens is 399 g/mol. The first-order chi connectivity index (χ1) is 14.4. The van der Waals surface area contributed by atoms with E-state index in [-0.39, 0.29) is 44.4 Å². The molecule has 12 heteroatoms. The Hall–Kier alpha value is -3.41. The van der Waals surface area contributed by atoms with Crippen molar-refractivity contribution in [2.45, 2.75) is 13.0 Å². The Morgan fingerprint density at radius 2 is 2.13 bits per heavy atom. The number of nitrogens with zero attached hydrogens (tertiary/aromatic N) is 4. The van der Waals surface area contributed by atoms with Gasteiger partial charge in [0.25, 0.3) is 0 Å². The van der Waals surface area contributed by atoms with Crippen LogP contribution in [0.2, 0.25) is 0 Å². The van der Waals surface area contributed by atoms with Gasteiger partial charge in [-0.05, 0) is 18.2 Å². The van der Waals surface area contributed by atoms with Crippen LogP contribution in [0, 0.1) is 5.82 Å². The maximum Gasteiger partial charge on any atom is 0.414 e. The molecule has 0 unspecified atom stereocenters. The maximum atomic E-state index is 14.7. The number of urea groups is 1. The first kappa shape index (κ1) is 21.3. The zero-order valence-corrected chi connectivity index (χ0v) is 16.4. The Morgan fingerprint density at radius 3 is 2.77 bits per heavy atom. The lowest BCUT2D eigenvalue weighted by Gasteiger charge is -2.29. The lowest BCUT2D eigenvalue weighted by atomic mass is 10.2. The van der Waals surface area contributed by atoms with Crippen LogP contribution in [0.25, 0.3) is 0 Å². The molecule has 1 saturated heterocycles. The summed E-state index contributed by atoms with van der Waals surface area (Å²) >= 11 is 0. The number of amides is 4. The van der Waals surface area contributed by atoms with Gasteiger partial charge in [0, 0.05) is 20.0 Å². The minimum Gasteiger partial charge on any atom is -0.442 e. The number of aliphatic hydroxyl groups excluding tert-OH is 1. The van der Waals surface area contributed by atoms with Gasteiger partial charge in [-0.3, -0.25) is 9.69 Å². The van der Waals surface area contributed by atoms with Crippen molar-refractivity contribution < 1.29 is 28.6 Å². The van der Waals surface area contributed by atoms with Crippen LogP contribution < -0.4 is 20.4 Å². The third-order valence-corrected chi connectivity index (χ3v) is 4.51. The molecule has 0 aromatic heterocycles. The number of halogens is 1. The van der Waals surface area contributed by atoms with Crippen LogP contribution in [-0.2, 0) is 9.53 Å². The van der Waals surface area contributed by atoms with Crippen molar-refractivity contribution in [2.75, 3.05) is 49.1 Å². The van der Waals surface area contributed by atoms with E-state index in [1.807, 2.05) is 0 Å². The molecule has 0 aliphatic carbocycles. The number of aliphatic hydroxyl groups is 1. The summed E-state index contributed by atoms with van der Waals surface area (Å²) in [6.07, 6.45) is 0.219. The minimum absolute atomic E-state index is 0.120. The molecule has 11 nitrogen and oxygen atoms in total. The number of rotatable bonds is 6. The molecule has 1 atom stereocenters. The fourth-order valence-electron chi connectivity index (χ4n) is 3.03. The van der Waals surface area contributed by atoms with Gasteiger partial charge in [0.05, 0.1) is 37.6 Å². The van der Waals surface area contributed by atoms with E-state index < -0.39 is 24.0 Å². The molecule has 0 saturated carbocycles. The Balaban J connectivity index is 1.64. The van der Waals surface area contributed by atoms with Gasteiger partial charge in [-0.2, -0.15) is 5.10 Å². The number of hydrogen-bond acceptors (Lipinski definition) is 7. The van der Waals surface area contributed by atoms with Crippen molar-refractivity contribution in [2.24, 2.45) is 5.10 Å². The van der Waals surface area contributed by atoms with Crippen molar-refractivity contribution >= 4 is 35.7 Å². The average molecular weight is 422 g/mol. The van der Waals surface area contributed by atoms with Crippen molar-refractivity contribution in [1.82, 2.24) is 15.6 Å². The molecular formula is C18H23FN6O5. The van der Waals surface area contributed by atoms with Gasteiger partial charge < -0.3 is 25.4 Å². The summed E-state index contributed by atoms with van der Waals surface area (Å²) in [5, 5.41) is 19.0. The summed E-state index contributed by atoms with van der Waals surface area (Å²) in [5.74, 6) is -0.789. The average Bonchev–Trinajstić information content (AvgIpc) is 3.11. The quantitative estimate of drug-likeness (QED) is 0.595. The molecule has 1 aromatic carbocycles. The summed E-state index contributed by atoms with van der Waals surface area (Å²) < 4.78 is 19.9. The van der Waals surface area contributed by atoms with E-state index >= 15 is 0 Å². The van der Waals surface area contributed by atoms with Gasteiger partial charge in [-0.25, -0.2) is 19.0 Å². The van der Waals surface area contributed by atoms with Crippen molar-refractivity contribution in [1.29, 1.82) is 0 Å². The SMILES string of the molecule is CC(=O)NC[C@H]1CN(c2ccc(N3C=NN(C(=O)NCCO)CC3)c(F)c2)C(=O)O1. The van der Waals surface area contributed by atoms with Gasteiger partial charge in [0.2, 0.25) is 5.91 Å². The van der Waals surface area contributed by atoms with E-state index in [9.17, 15) is 18.8 Å². The van der Waals surface area contributed by atoms with E-state index in [1.165, 1.54) is 35.3 Å². The predicted molar refractivity (Wildman–Crippen MR) is 106 cm³/mol. The Morgan fingerprint density at radius 1 is 1.33 bits per heavy atom. The number of cyclic esters (lactones) is 1. The summed E-state index contributed by atoms with van der Waals surface area (Å²) in [7, 11) is 0. The molecule has 3 N–H and O–H groups in total. The highest BCUT2D eigenvalue weighted by Gasteiger charge is 2.33. The molecule has 30 heavy (non-hydrogen) atoms. The molecule has 2 heterocycles. The zero-order chi connectivity index (χ0) is 21.7. The normalized spacial score (nSPS) is 18.4. The molecule has 4 amide bonds. The Labute approximate surface area is 172 Å². The van der Waals surface area contributed by atoms with E-state index in [2.05, 4.69) is 15.7 Å². The molecule has 2 aliphatic rings. The van der Waals surface area contributed by atoms with Crippen LogP contribution in [0.3, 0.4) is 0 Å². The monoisotopic (exact) mass is 422 g/mol. The highest BCUT2D eigenvalue weighted by atomic mass is 19.1. The largest absolute Gasteiger partial charge is 0.442 e. The fraction of sp³-hybridized carbons (Fsp3) is 0.444. The first-order valence-corrected chi connectivity index (χ1v) is 9.38. The van der Waals surface area contributed by atoms with Crippen molar-refractivity contribution in [3.63, 3.8) is 0 Å². The van der Waals surface area contributed by atoms with E-state index in [0.717, 1.165) is 0 Å². The highest BCUT2D eigenvalue weighted by molar-refractivity contribution is 5.91. The molecule has 0 bridgehead atoms. The van der Waals surface area contributed by atoms with Crippen LogP contribution in [0.4, 0.5) is 25.4 Å². The highest BCUT2D eigenvalue weighted by Crippen LogP contribution is 2.28. The van der Waals surface area contributed by atoms with E-state index in [1.54, 1.807) is 11.0 Å². The lowest BCUT2D eigenvalue weighted by Crippen LogP contribution is -2.45. The minimum atomic E-state index is -0.610. The van der Waals surface area contributed by atoms with Gasteiger partial charge in [-0.15, -0.1) is 0 Å². The number of anilines is 2. The van der Waals surface area contributed by atoms with Gasteiger partial charge in [0.1, 0.15) is 18.3 Å². The topological polar surface area (TPSA) is 127 Å². The van der Waals surface area contributed by atoms with Crippen LogP contribution >= 0.6 is 0 Å². The molecule has 162 valence electrons. The standard InChI is InChI=1S/C18H23FN6O5/c1-12(27)21-9-14-10-24(18(29)30-14)13-2-3-16(15(19)8-13)23-5-6-25(22-11-23)17(28)20-4-7-26/h2-3,8,11,14,26H,4-7,9-10H2,1H3,(H,20,28)(H,21,27)/t14-/m0/s1. The van der Waals surface area contributed by atoms with Crippen LogP contribution in [0.1, 0.15) is 6.92 Å². The van der Waals surface area contributed by atoms with Gasteiger partial charge in [0.15, 0.2) is 0 Å². The van der Waals surface area contributed by atoms with Crippen molar-refractivity contribution in [3.8, 4) is 0 Å². The first-order valence-electron chi connectivity index (χ1n) is 9.38. The smallest absolute Gasteiger partial charge is 0.414 e. The number of nitrogens with one attached hydrogen (secondary N) is 2. The molecule has 3 rings (SSSR count). The number of ether oxygens (including phenoxy) is 1. The Bertz CT molecular complexity index is 850.